The van der Waals surface area contributed by atoms with Crippen LogP contribution in [-0.4, -0.2) is 38.4 Å². The quantitative estimate of drug-likeness (QED) is 0.0780. The molecule has 0 bridgehead atoms. The first kappa shape index (κ1) is 35.0. The van der Waals surface area contributed by atoms with Crippen molar-refractivity contribution >= 4 is 33.5 Å². The number of esters is 2. The summed E-state index contributed by atoms with van der Waals surface area (Å²) in [6, 6.07) is 14.6. The van der Waals surface area contributed by atoms with Gasteiger partial charge in [-0.2, -0.15) is 0 Å². The van der Waals surface area contributed by atoms with Crippen molar-refractivity contribution in [1.82, 2.24) is 0 Å². The molecule has 0 unspecified atom stereocenters. The van der Waals surface area contributed by atoms with Crippen LogP contribution in [0, 0.1) is 11.8 Å². The highest BCUT2D eigenvalue weighted by molar-refractivity contribution is 6.11. The first-order chi connectivity index (χ1) is 23.1. The fourth-order valence-corrected chi connectivity index (χ4v) is 7.44. The summed E-state index contributed by atoms with van der Waals surface area (Å²) in [6.07, 6.45) is 19.7. The summed E-state index contributed by atoms with van der Waals surface area (Å²) in [5.74, 6) is 2.47. The molecule has 0 saturated heterocycles. The highest BCUT2D eigenvalue weighted by atomic mass is 16.5. The average molecular weight is 645 g/mol. The smallest absolute Gasteiger partial charge is 0.309 e. The minimum Gasteiger partial charge on any atom is -0.492 e. The summed E-state index contributed by atoms with van der Waals surface area (Å²) in [5.41, 5.74) is 1.25. The van der Waals surface area contributed by atoms with Crippen molar-refractivity contribution < 1.29 is 28.5 Å². The van der Waals surface area contributed by atoms with Crippen molar-refractivity contribution in [2.24, 2.45) is 11.8 Å². The first-order valence-corrected chi connectivity index (χ1v) is 18.7. The van der Waals surface area contributed by atoms with Crippen molar-refractivity contribution in [3.05, 3.63) is 48.0 Å². The second kappa shape index (κ2) is 18.9. The molecule has 2 fully saturated rings. The van der Waals surface area contributed by atoms with E-state index in [2.05, 4.69) is 25.1 Å². The molecule has 0 aliphatic heterocycles. The lowest BCUT2D eigenvalue weighted by Crippen LogP contribution is -2.15. The van der Waals surface area contributed by atoms with Gasteiger partial charge in [0.2, 0.25) is 0 Å². The molecule has 2 saturated carbocycles. The Kier molecular flexibility index (Phi) is 14.1. The molecule has 0 atom stereocenters. The summed E-state index contributed by atoms with van der Waals surface area (Å²) in [7, 11) is 0. The highest BCUT2D eigenvalue weighted by Crippen LogP contribution is 2.43. The molecular formula is C41H56O6. The van der Waals surface area contributed by atoms with E-state index in [1.54, 1.807) is 0 Å². The van der Waals surface area contributed by atoms with E-state index in [0.717, 1.165) is 58.7 Å². The molecule has 0 heterocycles. The Hall–Kier alpha value is -3.28. The number of aryl methyl sites for hydroxylation is 1. The minimum absolute atomic E-state index is 0.205. The molecule has 2 aliphatic rings. The molecule has 3 aromatic carbocycles. The zero-order valence-electron chi connectivity index (χ0n) is 28.7. The standard InChI is InChI=1S/C41H56O6/c1-2-3-6-17-33-20-21-36-37(30-33)41(47-29-25-39(43)45-27-23-32-15-9-5-10-16-32)35-19-12-11-18-34(35)40(36)46-28-24-38(42)44-26-22-31-13-7-4-8-14-31/h11-12,18-21,30-32H,2-10,13-17,22-29H2,1H3. The Labute approximate surface area is 281 Å². The molecule has 6 nitrogen and oxygen atoms in total. The van der Waals surface area contributed by atoms with Crippen molar-refractivity contribution in [1.29, 1.82) is 0 Å². The molecule has 256 valence electrons. The Balaban J connectivity index is 1.25. The van der Waals surface area contributed by atoms with Crippen LogP contribution in [-0.2, 0) is 25.5 Å². The minimum atomic E-state index is -0.210. The van der Waals surface area contributed by atoms with Gasteiger partial charge in [-0.1, -0.05) is 120 Å². The molecule has 2 aliphatic carbocycles. The van der Waals surface area contributed by atoms with Crippen LogP contribution in [0.1, 0.15) is 122 Å². The van der Waals surface area contributed by atoms with Crippen LogP contribution in [0.3, 0.4) is 0 Å². The van der Waals surface area contributed by atoms with Gasteiger partial charge in [-0.3, -0.25) is 9.59 Å². The van der Waals surface area contributed by atoms with E-state index < -0.39 is 0 Å². The van der Waals surface area contributed by atoms with Gasteiger partial charge in [0.25, 0.3) is 0 Å². The lowest BCUT2D eigenvalue weighted by atomic mass is 9.87. The van der Waals surface area contributed by atoms with Gasteiger partial charge in [-0.05, 0) is 49.1 Å². The van der Waals surface area contributed by atoms with Crippen LogP contribution < -0.4 is 9.47 Å². The summed E-state index contributed by atoms with van der Waals surface area (Å²) in [5, 5.41) is 3.77. The van der Waals surface area contributed by atoms with Crippen molar-refractivity contribution in [2.75, 3.05) is 26.4 Å². The molecule has 0 radical (unpaired) electrons. The molecule has 3 aromatic rings. The van der Waals surface area contributed by atoms with Crippen LogP contribution in [0.2, 0.25) is 0 Å². The maximum absolute atomic E-state index is 12.6. The maximum atomic E-state index is 12.6. The highest BCUT2D eigenvalue weighted by Gasteiger charge is 2.19. The third-order valence-electron chi connectivity index (χ3n) is 10.2. The van der Waals surface area contributed by atoms with Gasteiger partial charge in [0.1, 0.15) is 11.5 Å². The zero-order valence-corrected chi connectivity index (χ0v) is 28.7. The Morgan fingerprint density at radius 3 is 1.66 bits per heavy atom. The van der Waals surface area contributed by atoms with E-state index in [1.165, 1.54) is 82.6 Å². The van der Waals surface area contributed by atoms with Gasteiger partial charge in [-0.25, -0.2) is 0 Å². The van der Waals surface area contributed by atoms with Crippen LogP contribution >= 0.6 is 0 Å². The SMILES string of the molecule is CCCCCc1ccc2c(OCCC(=O)OCCC3CCCCC3)c3ccccc3c(OCCC(=O)OCCC3CCCCC3)c2c1. The van der Waals surface area contributed by atoms with E-state index in [1.807, 2.05) is 24.3 Å². The molecule has 0 aromatic heterocycles. The number of benzene rings is 3. The molecule has 5 rings (SSSR count). The van der Waals surface area contributed by atoms with Gasteiger partial charge in [0.15, 0.2) is 0 Å². The number of ether oxygens (including phenoxy) is 4. The van der Waals surface area contributed by atoms with Crippen molar-refractivity contribution in [3.63, 3.8) is 0 Å². The molecule has 0 N–H and O–H groups in total. The second-order valence-electron chi connectivity index (χ2n) is 13.8. The van der Waals surface area contributed by atoms with Crippen LogP contribution in [0.15, 0.2) is 42.5 Å². The van der Waals surface area contributed by atoms with E-state index >= 15 is 0 Å². The summed E-state index contributed by atoms with van der Waals surface area (Å²) < 4.78 is 24.0. The monoisotopic (exact) mass is 644 g/mol. The van der Waals surface area contributed by atoms with Gasteiger partial charge in [0, 0.05) is 21.5 Å². The largest absolute Gasteiger partial charge is 0.492 e. The summed E-state index contributed by atoms with van der Waals surface area (Å²) >= 11 is 0. The molecule has 47 heavy (non-hydrogen) atoms. The number of carbonyl (C=O) groups is 2. The van der Waals surface area contributed by atoms with Crippen LogP contribution in [0.25, 0.3) is 21.5 Å². The van der Waals surface area contributed by atoms with E-state index in [9.17, 15) is 9.59 Å². The zero-order chi connectivity index (χ0) is 32.7. The average Bonchev–Trinajstić information content (AvgIpc) is 3.10. The molecule has 0 spiro atoms. The third kappa shape index (κ3) is 10.6. The lowest BCUT2D eigenvalue weighted by Gasteiger charge is -2.21. The van der Waals surface area contributed by atoms with E-state index in [4.69, 9.17) is 18.9 Å². The molecule has 0 amide bonds. The van der Waals surface area contributed by atoms with E-state index in [-0.39, 0.29) is 38.0 Å². The number of unbranched alkanes of at least 4 members (excludes halogenated alkanes) is 2. The number of hydrogen-bond donors (Lipinski definition) is 0. The normalized spacial score (nSPS) is 15.9. The maximum Gasteiger partial charge on any atom is 0.309 e. The fourth-order valence-electron chi connectivity index (χ4n) is 7.44. The van der Waals surface area contributed by atoms with Crippen molar-refractivity contribution in [2.45, 2.75) is 122 Å². The second-order valence-corrected chi connectivity index (χ2v) is 13.8. The van der Waals surface area contributed by atoms with Gasteiger partial charge in [-0.15, -0.1) is 0 Å². The number of rotatable bonds is 18. The van der Waals surface area contributed by atoms with Gasteiger partial charge >= 0.3 is 11.9 Å². The predicted molar refractivity (Wildman–Crippen MR) is 189 cm³/mol. The summed E-state index contributed by atoms with van der Waals surface area (Å²) in [4.78, 5) is 25.2. The first-order valence-electron chi connectivity index (χ1n) is 18.7. The third-order valence-corrected chi connectivity index (χ3v) is 10.2. The Morgan fingerprint density at radius 1 is 0.617 bits per heavy atom. The number of carbonyl (C=O) groups excluding carboxylic acids is 2. The Morgan fingerprint density at radius 2 is 1.13 bits per heavy atom. The van der Waals surface area contributed by atoms with Crippen molar-refractivity contribution in [3.8, 4) is 11.5 Å². The fraction of sp³-hybridized carbons (Fsp3) is 0.610. The summed E-state index contributed by atoms with van der Waals surface area (Å²) in [6.45, 7) is 3.70. The van der Waals surface area contributed by atoms with Crippen LogP contribution in [0.5, 0.6) is 11.5 Å². The predicted octanol–water partition coefficient (Wildman–Crippen LogP) is 10.3. The topological polar surface area (TPSA) is 71.1 Å². The number of hydrogen-bond acceptors (Lipinski definition) is 6. The van der Waals surface area contributed by atoms with Crippen LogP contribution in [0.4, 0.5) is 0 Å². The van der Waals surface area contributed by atoms with Gasteiger partial charge in [0.05, 0.1) is 39.3 Å². The molecule has 6 heteroatoms. The Bertz CT molecular complexity index is 1420. The van der Waals surface area contributed by atoms with Gasteiger partial charge < -0.3 is 18.9 Å². The lowest BCUT2D eigenvalue weighted by molar-refractivity contribution is -0.145. The molecular weight excluding hydrogens is 588 g/mol. The van der Waals surface area contributed by atoms with E-state index in [0.29, 0.717) is 25.0 Å². The number of fused-ring (bicyclic) bond motifs is 2.